The van der Waals surface area contributed by atoms with Crippen molar-refractivity contribution < 1.29 is 4.79 Å². The van der Waals surface area contributed by atoms with Crippen molar-refractivity contribution >= 4 is 33.1 Å². The lowest BCUT2D eigenvalue weighted by Crippen LogP contribution is -2.49. The summed E-state index contributed by atoms with van der Waals surface area (Å²) in [5.74, 6) is 0.133. The molecule has 0 aliphatic carbocycles. The van der Waals surface area contributed by atoms with Gasteiger partial charge in [0.2, 0.25) is 5.91 Å². The molecule has 4 aromatic rings. The highest BCUT2D eigenvalue weighted by molar-refractivity contribution is 7.16. The van der Waals surface area contributed by atoms with Gasteiger partial charge >= 0.3 is 0 Å². The summed E-state index contributed by atoms with van der Waals surface area (Å²) in [5, 5.41) is 4.42. The number of hydrogen-bond acceptors (Lipinski definition) is 5. The Morgan fingerprint density at radius 3 is 2.61 bits per heavy atom. The molecule has 31 heavy (non-hydrogen) atoms. The van der Waals surface area contributed by atoms with Crippen LogP contribution < -0.4 is 4.90 Å². The molecule has 0 atom stereocenters. The van der Waals surface area contributed by atoms with Gasteiger partial charge in [-0.25, -0.2) is 4.98 Å². The maximum absolute atomic E-state index is 12.8. The first-order valence-corrected chi connectivity index (χ1v) is 11.4. The van der Waals surface area contributed by atoms with Crippen molar-refractivity contribution in [3.8, 4) is 11.1 Å². The molecule has 7 heteroatoms. The van der Waals surface area contributed by atoms with Crippen LogP contribution in [0.3, 0.4) is 0 Å². The maximum atomic E-state index is 12.8. The molecule has 1 amide bonds. The number of para-hydroxylation sites is 1. The van der Waals surface area contributed by atoms with Crippen molar-refractivity contribution in [2.24, 2.45) is 0 Å². The SMILES string of the molecule is Cc1cc(C)n(CC(=O)N2CCN(c3ccccc3-c3ccc4scnc4c3)CC2)n1. The number of aromatic nitrogens is 3. The van der Waals surface area contributed by atoms with E-state index in [0.717, 1.165) is 43.1 Å². The van der Waals surface area contributed by atoms with Crippen LogP contribution in [0.15, 0.2) is 54.0 Å². The minimum absolute atomic E-state index is 0.133. The average molecular weight is 432 g/mol. The van der Waals surface area contributed by atoms with E-state index >= 15 is 0 Å². The second kappa shape index (κ2) is 8.15. The second-order valence-corrected chi connectivity index (χ2v) is 8.89. The van der Waals surface area contributed by atoms with Crippen LogP contribution in [0.5, 0.6) is 0 Å². The summed E-state index contributed by atoms with van der Waals surface area (Å²) in [6.07, 6.45) is 0. The fourth-order valence-electron chi connectivity index (χ4n) is 4.28. The molecule has 0 bridgehead atoms. The average Bonchev–Trinajstić information content (AvgIpc) is 3.38. The van der Waals surface area contributed by atoms with Crippen molar-refractivity contribution in [2.75, 3.05) is 31.1 Å². The number of piperazine rings is 1. The Bertz CT molecular complexity index is 1240. The number of carbonyl (C=O) groups excluding carboxylic acids is 1. The lowest BCUT2D eigenvalue weighted by molar-refractivity contribution is -0.132. The zero-order chi connectivity index (χ0) is 21.4. The summed E-state index contributed by atoms with van der Waals surface area (Å²) in [7, 11) is 0. The zero-order valence-electron chi connectivity index (χ0n) is 17.8. The van der Waals surface area contributed by atoms with Crippen molar-refractivity contribution in [1.29, 1.82) is 0 Å². The van der Waals surface area contributed by atoms with Gasteiger partial charge in [0.15, 0.2) is 0 Å². The fraction of sp³-hybridized carbons (Fsp3) is 0.292. The standard InChI is InChI=1S/C24H25N5OS/c1-17-13-18(2)29(26-17)15-24(30)28-11-9-27(10-12-28)22-6-4-3-5-20(22)19-7-8-23-21(14-19)25-16-31-23/h3-8,13-14,16H,9-12,15H2,1-2H3. The highest BCUT2D eigenvalue weighted by Gasteiger charge is 2.23. The lowest BCUT2D eigenvalue weighted by Gasteiger charge is -2.37. The molecule has 5 rings (SSSR count). The van der Waals surface area contributed by atoms with Gasteiger partial charge in [-0.1, -0.05) is 24.3 Å². The Balaban J connectivity index is 1.31. The van der Waals surface area contributed by atoms with Crippen LogP contribution in [0.4, 0.5) is 5.69 Å². The molecule has 1 aliphatic heterocycles. The van der Waals surface area contributed by atoms with E-state index < -0.39 is 0 Å². The van der Waals surface area contributed by atoms with Crippen LogP contribution in [0, 0.1) is 13.8 Å². The summed E-state index contributed by atoms with van der Waals surface area (Å²) in [6.45, 7) is 7.33. The largest absolute Gasteiger partial charge is 0.367 e. The first-order chi connectivity index (χ1) is 15.1. The number of rotatable bonds is 4. The van der Waals surface area contributed by atoms with Gasteiger partial charge in [-0.2, -0.15) is 5.10 Å². The molecule has 3 heterocycles. The van der Waals surface area contributed by atoms with Crippen LogP contribution in [-0.2, 0) is 11.3 Å². The first kappa shape index (κ1) is 19.8. The summed E-state index contributed by atoms with van der Waals surface area (Å²) in [4.78, 5) is 21.6. The number of thiazole rings is 1. The van der Waals surface area contributed by atoms with E-state index in [4.69, 9.17) is 0 Å². The molecule has 0 unspecified atom stereocenters. The zero-order valence-corrected chi connectivity index (χ0v) is 18.6. The third-order valence-electron chi connectivity index (χ3n) is 5.91. The molecule has 0 radical (unpaired) electrons. The Hall–Kier alpha value is -3.19. The second-order valence-electron chi connectivity index (χ2n) is 8.00. The highest BCUT2D eigenvalue weighted by Crippen LogP contribution is 2.33. The lowest BCUT2D eigenvalue weighted by atomic mass is 10.0. The predicted molar refractivity (Wildman–Crippen MR) is 126 cm³/mol. The molecule has 0 N–H and O–H groups in total. The van der Waals surface area contributed by atoms with Gasteiger partial charge in [0.05, 0.1) is 21.4 Å². The normalized spacial score (nSPS) is 14.4. The number of nitrogens with zero attached hydrogens (tertiary/aromatic N) is 5. The van der Waals surface area contributed by atoms with Crippen LogP contribution in [0.1, 0.15) is 11.4 Å². The molecule has 0 spiro atoms. The summed E-state index contributed by atoms with van der Waals surface area (Å²) >= 11 is 1.66. The molecule has 1 aliphatic rings. The Labute approximate surface area is 185 Å². The number of aryl methyl sites for hydroxylation is 2. The molecule has 1 fully saturated rings. The fourth-order valence-corrected chi connectivity index (χ4v) is 4.94. The number of anilines is 1. The van der Waals surface area contributed by atoms with Crippen molar-refractivity contribution in [3.63, 3.8) is 0 Å². The number of amides is 1. The van der Waals surface area contributed by atoms with Gasteiger partial charge in [-0.3, -0.25) is 9.48 Å². The van der Waals surface area contributed by atoms with Gasteiger partial charge in [-0.05, 0) is 43.7 Å². The number of benzene rings is 2. The highest BCUT2D eigenvalue weighted by atomic mass is 32.1. The van der Waals surface area contributed by atoms with E-state index in [9.17, 15) is 4.79 Å². The van der Waals surface area contributed by atoms with Gasteiger partial charge in [0, 0.05) is 43.1 Å². The van der Waals surface area contributed by atoms with E-state index in [1.54, 1.807) is 16.0 Å². The van der Waals surface area contributed by atoms with E-state index in [1.165, 1.54) is 21.5 Å². The molecule has 2 aromatic heterocycles. The van der Waals surface area contributed by atoms with E-state index in [1.807, 2.05) is 30.3 Å². The Morgan fingerprint density at radius 2 is 1.84 bits per heavy atom. The quantitative estimate of drug-likeness (QED) is 0.488. The van der Waals surface area contributed by atoms with Crippen LogP contribution in [0.2, 0.25) is 0 Å². The summed E-state index contributed by atoms with van der Waals surface area (Å²) in [5.41, 5.74) is 8.50. The third-order valence-corrected chi connectivity index (χ3v) is 6.72. The smallest absolute Gasteiger partial charge is 0.244 e. The predicted octanol–water partition coefficient (Wildman–Crippen LogP) is 4.13. The molecule has 6 nitrogen and oxygen atoms in total. The molecule has 0 saturated carbocycles. The number of hydrogen-bond donors (Lipinski definition) is 0. The minimum atomic E-state index is 0.133. The van der Waals surface area contributed by atoms with Crippen molar-refractivity contribution in [2.45, 2.75) is 20.4 Å². The number of fused-ring (bicyclic) bond motifs is 1. The third kappa shape index (κ3) is 3.93. The van der Waals surface area contributed by atoms with Crippen LogP contribution >= 0.6 is 11.3 Å². The summed E-state index contributed by atoms with van der Waals surface area (Å²) in [6, 6.07) is 17.0. The van der Waals surface area contributed by atoms with Gasteiger partial charge < -0.3 is 9.80 Å². The van der Waals surface area contributed by atoms with Crippen LogP contribution in [0.25, 0.3) is 21.3 Å². The first-order valence-electron chi connectivity index (χ1n) is 10.5. The van der Waals surface area contributed by atoms with E-state index in [0.29, 0.717) is 6.54 Å². The molecule has 1 saturated heterocycles. The number of carbonyl (C=O) groups is 1. The molecular weight excluding hydrogens is 406 g/mol. The van der Waals surface area contributed by atoms with Crippen molar-refractivity contribution in [1.82, 2.24) is 19.7 Å². The Morgan fingerprint density at radius 1 is 1.03 bits per heavy atom. The monoisotopic (exact) mass is 431 g/mol. The van der Waals surface area contributed by atoms with Crippen molar-refractivity contribution in [3.05, 3.63) is 65.4 Å². The van der Waals surface area contributed by atoms with Gasteiger partial charge in [-0.15, -0.1) is 11.3 Å². The molecule has 2 aromatic carbocycles. The molecule has 158 valence electrons. The van der Waals surface area contributed by atoms with Crippen LogP contribution in [-0.4, -0.2) is 51.8 Å². The topological polar surface area (TPSA) is 54.3 Å². The Kier molecular flexibility index (Phi) is 5.19. The van der Waals surface area contributed by atoms with Gasteiger partial charge in [0.25, 0.3) is 0 Å². The van der Waals surface area contributed by atoms with E-state index in [2.05, 4.69) is 57.4 Å². The summed E-state index contributed by atoms with van der Waals surface area (Å²) < 4.78 is 3.00. The van der Waals surface area contributed by atoms with Gasteiger partial charge in [0.1, 0.15) is 6.54 Å². The molecular formula is C24H25N5OS. The minimum Gasteiger partial charge on any atom is -0.367 e. The van der Waals surface area contributed by atoms with E-state index in [-0.39, 0.29) is 5.91 Å². The maximum Gasteiger partial charge on any atom is 0.244 e.